The van der Waals surface area contributed by atoms with Gasteiger partial charge in [0.25, 0.3) is 0 Å². The van der Waals surface area contributed by atoms with Gasteiger partial charge in [-0.2, -0.15) is 0 Å². The van der Waals surface area contributed by atoms with E-state index in [1.54, 1.807) is 6.08 Å². The molecule has 0 saturated heterocycles. The van der Waals surface area contributed by atoms with Gasteiger partial charge in [-0.3, -0.25) is 0 Å². The van der Waals surface area contributed by atoms with Crippen LogP contribution in [0.4, 0.5) is 0 Å². The third-order valence-corrected chi connectivity index (χ3v) is 2.30. The molecule has 1 heterocycles. The normalized spacial score (nSPS) is 24.7. The first-order chi connectivity index (χ1) is 7.75. The summed E-state index contributed by atoms with van der Waals surface area (Å²) < 4.78 is 4.96. The van der Waals surface area contributed by atoms with Crippen molar-refractivity contribution in [2.45, 2.75) is 12.2 Å². The molecule has 1 aromatic rings. The fraction of sp³-hybridized carbons (Fsp3) is 0.154. The van der Waals surface area contributed by atoms with Crippen LogP contribution >= 0.6 is 0 Å². The first-order valence-electron chi connectivity index (χ1n) is 5.06. The van der Waals surface area contributed by atoms with Gasteiger partial charge in [0.15, 0.2) is 0 Å². The second-order valence-electron chi connectivity index (χ2n) is 3.52. The van der Waals surface area contributed by atoms with E-state index in [9.17, 15) is 9.90 Å². The highest BCUT2D eigenvalue weighted by Gasteiger charge is 2.21. The van der Waals surface area contributed by atoms with Crippen LogP contribution in [0.2, 0.25) is 0 Å². The van der Waals surface area contributed by atoms with Gasteiger partial charge in [0.1, 0.15) is 12.2 Å². The molecular weight excluding hydrogens is 204 g/mol. The summed E-state index contributed by atoms with van der Waals surface area (Å²) in [7, 11) is 0. The Kier molecular flexibility index (Phi) is 3.17. The quantitative estimate of drug-likeness (QED) is 0.763. The van der Waals surface area contributed by atoms with Crippen LogP contribution in [0.25, 0.3) is 6.08 Å². The summed E-state index contributed by atoms with van der Waals surface area (Å²) in [6.45, 7) is 0. The Hall–Kier alpha value is -1.87. The largest absolute Gasteiger partial charge is 0.452 e. The number of ether oxygens (including phenoxy) is 1. The van der Waals surface area contributed by atoms with Crippen molar-refractivity contribution in [3.63, 3.8) is 0 Å². The molecule has 0 bridgehead atoms. The lowest BCUT2D eigenvalue weighted by atomic mass is 10.1. The number of esters is 1. The van der Waals surface area contributed by atoms with Crippen LogP contribution in [-0.4, -0.2) is 23.3 Å². The van der Waals surface area contributed by atoms with E-state index in [4.69, 9.17) is 4.74 Å². The minimum Gasteiger partial charge on any atom is -0.452 e. The van der Waals surface area contributed by atoms with Gasteiger partial charge in [0.05, 0.1) is 0 Å². The van der Waals surface area contributed by atoms with Crippen LogP contribution < -0.4 is 0 Å². The van der Waals surface area contributed by atoms with Crippen molar-refractivity contribution >= 4 is 12.0 Å². The van der Waals surface area contributed by atoms with Crippen molar-refractivity contribution in [3.8, 4) is 0 Å². The topological polar surface area (TPSA) is 46.5 Å². The number of carbonyl (C=O) groups excluding carboxylic acids is 1. The molecule has 1 unspecified atom stereocenters. The molecule has 1 N–H and O–H groups in total. The predicted molar refractivity (Wildman–Crippen MR) is 60.5 cm³/mol. The number of cyclic esters (lactones) is 1. The van der Waals surface area contributed by atoms with E-state index in [2.05, 4.69) is 0 Å². The Morgan fingerprint density at radius 2 is 2.00 bits per heavy atom. The monoisotopic (exact) mass is 216 g/mol. The number of hydrogen-bond acceptors (Lipinski definition) is 3. The molecule has 0 saturated carbocycles. The van der Waals surface area contributed by atoms with Crippen molar-refractivity contribution < 1.29 is 14.6 Å². The molecular formula is C13H12O3. The summed E-state index contributed by atoms with van der Waals surface area (Å²) in [5, 5.41) is 9.55. The minimum absolute atomic E-state index is 0.423. The third kappa shape index (κ3) is 2.58. The maximum Gasteiger partial charge on any atom is 0.331 e. The zero-order valence-electron chi connectivity index (χ0n) is 8.61. The van der Waals surface area contributed by atoms with Gasteiger partial charge >= 0.3 is 5.97 Å². The number of hydrogen-bond donors (Lipinski definition) is 1. The Labute approximate surface area is 93.7 Å². The van der Waals surface area contributed by atoms with Crippen LogP contribution in [0, 0.1) is 0 Å². The smallest absolute Gasteiger partial charge is 0.331 e. The summed E-state index contributed by atoms with van der Waals surface area (Å²) in [6, 6.07) is 9.63. The molecule has 0 fully saturated rings. The second kappa shape index (κ2) is 4.77. The maximum absolute atomic E-state index is 11.0. The number of rotatable bonds is 2. The molecule has 0 aromatic heterocycles. The summed E-state index contributed by atoms with van der Waals surface area (Å²) in [6.07, 6.45) is 4.81. The molecule has 0 aliphatic carbocycles. The van der Waals surface area contributed by atoms with E-state index in [0.717, 1.165) is 5.56 Å². The van der Waals surface area contributed by atoms with Gasteiger partial charge in [-0.25, -0.2) is 4.79 Å². The fourth-order valence-electron chi connectivity index (χ4n) is 1.45. The van der Waals surface area contributed by atoms with Crippen LogP contribution in [-0.2, 0) is 9.53 Å². The van der Waals surface area contributed by atoms with E-state index in [1.165, 1.54) is 12.2 Å². The van der Waals surface area contributed by atoms with Gasteiger partial charge in [-0.1, -0.05) is 36.4 Å². The molecule has 2 atom stereocenters. The Morgan fingerprint density at radius 1 is 1.25 bits per heavy atom. The lowest BCUT2D eigenvalue weighted by Gasteiger charge is -2.20. The fourth-order valence-corrected chi connectivity index (χ4v) is 1.45. The van der Waals surface area contributed by atoms with Gasteiger partial charge in [0.2, 0.25) is 0 Å². The second-order valence-corrected chi connectivity index (χ2v) is 3.52. The van der Waals surface area contributed by atoms with Crippen molar-refractivity contribution in [1.82, 2.24) is 0 Å². The van der Waals surface area contributed by atoms with E-state index in [0.29, 0.717) is 0 Å². The summed E-state index contributed by atoms with van der Waals surface area (Å²) >= 11 is 0. The molecule has 0 spiro atoms. The first-order valence-corrected chi connectivity index (χ1v) is 5.06. The van der Waals surface area contributed by atoms with Crippen LogP contribution in [0.1, 0.15) is 5.56 Å². The molecule has 0 amide bonds. The number of benzene rings is 1. The molecule has 82 valence electrons. The molecule has 3 nitrogen and oxygen atoms in total. The Morgan fingerprint density at radius 3 is 2.75 bits per heavy atom. The predicted octanol–water partition coefficient (Wildman–Crippen LogP) is 1.54. The van der Waals surface area contributed by atoms with Crippen LogP contribution in [0.15, 0.2) is 48.6 Å². The highest BCUT2D eigenvalue weighted by atomic mass is 16.6. The molecule has 1 aliphatic heterocycles. The molecule has 16 heavy (non-hydrogen) atoms. The molecule has 1 aliphatic rings. The SMILES string of the molecule is O=C1C=CC(O)[C@H](/C=C/c2ccccc2)O1. The van der Waals surface area contributed by atoms with Gasteiger partial charge in [0, 0.05) is 6.08 Å². The summed E-state index contributed by atoms with van der Waals surface area (Å²) in [5.74, 6) is -0.423. The first kappa shape index (κ1) is 10.6. The van der Waals surface area contributed by atoms with Crippen LogP contribution in [0.5, 0.6) is 0 Å². The summed E-state index contributed by atoms with van der Waals surface area (Å²) in [4.78, 5) is 11.0. The van der Waals surface area contributed by atoms with E-state index in [1.807, 2.05) is 36.4 Å². The lowest BCUT2D eigenvalue weighted by Crippen LogP contribution is -2.31. The van der Waals surface area contributed by atoms with Gasteiger partial charge < -0.3 is 9.84 Å². The lowest BCUT2D eigenvalue weighted by molar-refractivity contribution is -0.146. The number of carbonyl (C=O) groups is 1. The third-order valence-electron chi connectivity index (χ3n) is 2.30. The zero-order chi connectivity index (χ0) is 11.4. The molecule has 2 rings (SSSR count). The standard InChI is InChI=1S/C13H12O3/c14-11-7-9-13(15)16-12(11)8-6-10-4-2-1-3-5-10/h1-9,11-12,14H/b8-6+/t11?,12-/m0/s1. The maximum atomic E-state index is 11.0. The molecule has 1 aromatic carbocycles. The highest BCUT2D eigenvalue weighted by Crippen LogP contribution is 2.12. The van der Waals surface area contributed by atoms with E-state index < -0.39 is 18.2 Å². The van der Waals surface area contributed by atoms with Crippen molar-refractivity contribution in [2.24, 2.45) is 0 Å². The number of aliphatic hydroxyl groups excluding tert-OH is 1. The molecule has 0 radical (unpaired) electrons. The zero-order valence-corrected chi connectivity index (χ0v) is 8.61. The van der Waals surface area contributed by atoms with Crippen molar-refractivity contribution in [3.05, 3.63) is 54.1 Å². The van der Waals surface area contributed by atoms with Gasteiger partial charge in [-0.15, -0.1) is 0 Å². The van der Waals surface area contributed by atoms with Crippen molar-refractivity contribution in [2.75, 3.05) is 0 Å². The summed E-state index contributed by atoms with van der Waals surface area (Å²) in [5.41, 5.74) is 1.00. The Bertz CT molecular complexity index is 420. The minimum atomic E-state index is -0.766. The van der Waals surface area contributed by atoms with E-state index in [-0.39, 0.29) is 0 Å². The average Bonchev–Trinajstić information content (AvgIpc) is 2.32. The average molecular weight is 216 g/mol. The van der Waals surface area contributed by atoms with Gasteiger partial charge in [-0.05, 0) is 17.7 Å². The number of aliphatic hydroxyl groups is 1. The Balaban J connectivity index is 2.07. The van der Waals surface area contributed by atoms with Crippen LogP contribution in [0.3, 0.4) is 0 Å². The molecule has 3 heteroatoms. The highest BCUT2D eigenvalue weighted by molar-refractivity contribution is 5.83. The van der Waals surface area contributed by atoms with Crippen molar-refractivity contribution in [1.29, 1.82) is 0 Å². The van der Waals surface area contributed by atoms with E-state index >= 15 is 0 Å².